The smallest absolute Gasteiger partial charge is 0.191 e. The summed E-state index contributed by atoms with van der Waals surface area (Å²) in [6.07, 6.45) is 6.76. The van der Waals surface area contributed by atoms with Crippen LogP contribution in [0.25, 0.3) is 11.0 Å². The first-order valence-electron chi connectivity index (χ1n) is 9.50. The Kier molecular flexibility index (Phi) is 6.80. The monoisotopic (exact) mass is 468 g/mol. The van der Waals surface area contributed by atoms with Crippen molar-refractivity contribution in [2.45, 2.75) is 50.7 Å². The molecule has 6 heteroatoms. The first-order chi connectivity index (χ1) is 12.3. The summed E-state index contributed by atoms with van der Waals surface area (Å²) in [5.41, 5.74) is 0.935. The fourth-order valence-electron chi connectivity index (χ4n) is 4.19. The molecule has 1 saturated carbocycles. The highest BCUT2D eigenvalue weighted by Gasteiger charge is 2.30. The van der Waals surface area contributed by atoms with E-state index in [0.717, 1.165) is 35.3 Å². The van der Waals surface area contributed by atoms with Crippen molar-refractivity contribution >= 4 is 40.9 Å². The zero-order valence-electron chi connectivity index (χ0n) is 15.4. The molecule has 2 N–H and O–H groups in total. The number of rotatable bonds is 4. The van der Waals surface area contributed by atoms with Gasteiger partial charge in [0.25, 0.3) is 0 Å². The van der Waals surface area contributed by atoms with E-state index >= 15 is 0 Å². The SMILES string of the molecule is CN=C(NCc1cc2ccccc2o1)NC1CCN(C2CCCC2)C1.I. The van der Waals surface area contributed by atoms with Crippen LogP contribution in [0.3, 0.4) is 0 Å². The summed E-state index contributed by atoms with van der Waals surface area (Å²) in [4.78, 5) is 7.04. The fourth-order valence-corrected chi connectivity index (χ4v) is 4.19. The van der Waals surface area contributed by atoms with Gasteiger partial charge >= 0.3 is 0 Å². The Morgan fingerprint density at radius 1 is 1.23 bits per heavy atom. The van der Waals surface area contributed by atoms with Crippen molar-refractivity contribution in [3.05, 3.63) is 36.1 Å². The third-order valence-corrected chi connectivity index (χ3v) is 5.53. The van der Waals surface area contributed by atoms with Gasteiger partial charge in [0.05, 0.1) is 6.54 Å². The number of hydrogen-bond acceptors (Lipinski definition) is 3. The molecule has 142 valence electrons. The van der Waals surface area contributed by atoms with Crippen molar-refractivity contribution in [3.8, 4) is 0 Å². The first-order valence-corrected chi connectivity index (χ1v) is 9.50. The summed E-state index contributed by atoms with van der Waals surface area (Å²) in [5.74, 6) is 1.79. The van der Waals surface area contributed by atoms with E-state index in [4.69, 9.17) is 4.42 Å². The number of fused-ring (bicyclic) bond motifs is 1. The second kappa shape index (κ2) is 9.08. The summed E-state index contributed by atoms with van der Waals surface area (Å²) >= 11 is 0. The Morgan fingerprint density at radius 3 is 2.81 bits per heavy atom. The van der Waals surface area contributed by atoms with Crippen LogP contribution in [0.2, 0.25) is 0 Å². The van der Waals surface area contributed by atoms with Crippen LogP contribution in [-0.4, -0.2) is 43.1 Å². The van der Waals surface area contributed by atoms with Gasteiger partial charge in [-0.3, -0.25) is 9.89 Å². The third kappa shape index (κ3) is 4.52. The number of furan rings is 1. The largest absolute Gasteiger partial charge is 0.459 e. The van der Waals surface area contributed by atoms with Crippen molar-refractivity contribution in [3.63, 3.8) is 0 Å². The van der Waals surface area contributed by atoms with E-state index in [9.17, 15) is 0 Å². The molecule has 1 aliphatic heterocycles. The van der Waals surface area contributed by atoms with E-state index in [2.05, 4.69) is 32.7 Å². The normalized spacial score (nSPS) is 21.9. The van der Waals surface area contributed by atoms with E-state index < -0.39 is 0 Å². The number of hydrogen-bond donors (Lipinski definition) is 2. The van der Waals surface area contributed by atoms with E-state index in [1.165, 1.54) is 38.6 Å². The molecule has 4 rings (SSSR count). The number of nitrogens with zero attached hydrogens (tertiary/aromatic N) is 2. The zero-order chi connectivity index (χ0) is 17.1. The minimum absolute atomic E-state index is 0. The Labute approximate surface area is 172 Å². The van der Waals surface area contributed by atoms with Crippen LogP contribution in [0.4, 0.5) is 0 Å². The average molecular weight is 468 g/mol. The van der Waals surface area contributed by atoms with E-state index in [0.29, 0.717) is 12.6 Å². The molecule has 5 nitrogen and oxygen atoms in total. The molecule has 1 saturated heterocycles. The van der Waals surface area contributed by atoms with Gasteiger partial charge in [-0.05, 0) is 31.4 Å². The highest BCUT2D eigenvalue weighted by molar-refractivity contribution is 14.0. The molecule has 1 aliphatic carbocycles. The maximum absolute atomic E-state index is 5.86. The summed E-state index contributed by atoms with van der Waals surface area (Å²) in [7, 11) is 1.83. The molecular weight excluding hydrogens is 439 g/mol. The van der Waals surface area contributed by atoms with Gasteiger partial charge < -0.3 is 15.1 Å². The molecule has 2 fully saturated rings. The molecule has 1 aromatic carbocycles. The highest BCUT2D eigenvalue weighted by Crippen LogP contribution is 2.26. The van der Waals surface area contributed by atoms with Gasteiger partial charge in [-0.2, -0.15) is 0 Å². The maximum Gasteiger partial charge on any atom is 0.191 e. The van der Waals surface area contributed by atoms with Crippen molar-refractivity contribution in [2.24, 2.45) is 4.99 Å². The quantitative estimate of drug-likeness (QED) is 0.408. The number of guanidine groups is 1. The summed E-state index contributed by atoms with van der Waals surface area (Å²) in [5, 5.41) is 8.11. The molecule has 0 amide bonds. The van der Waals surface area contributed by atoms with Crippen LogP contribution in [0, 0.1) is 0 Å². The number of aliphatic imine (C=N–C) groups is 1. The van der Waals surface area contributed by atoms with Crippen molar-refractivity contribution in [1.82, 2.24) is 15.5 Å². The average Bonchev–Trinajstić information content (AvgIpc) is 3.38. The molecule has 0 radical (unpaired) electrons. The minimum atomic E-state index is 0. The second-order valence-corrected chi connectivity index (χ2v) is 7.24. The third-order valence-electron chi connectivity index (χ3n) is 5.53. The summed E-state index contributed by atoms with van der Waals surface area (Å²) in [6.45, 7) is 2.99. The lowest BCUT2D eigenvalue weighted by molar-refractivity contribution is 0.242. The molecular formula is C20H29IN4O. The zero-order valence-corrected chi connectivity index (χ0v) is 17.7. The lowest BCUT2D eigenvalue weighted by atomic mass is 10.2. The van der Waals surface area contributed by atoms with Gasteiger partial charge in [0.15, 0.2) is 5.96 Å². The number of halogens is 1. The minimum Gasteiger partial charge on any atom is -0.459 e. The Bertz CT molecular complexity index is 705. The van der Waals surface area contributed by atoms with Crippen molar-refractivity contribution in [1.29, 1.82) is 0 Å². The summed E-state index contributed by atoms with van der Waals surface area (Å²) < 4.78 is 5.86. The molecule has 1 unspecified atom stereocenters. The predicted octanol–water partition coefficient (Wildman–Crippen LogP) is 3.73. The van der Waals surface area contributed by atoms with Crippen LogP contribution < -0.4 is 10.6 Å². The fraction of sp³-hybridized carbons (Fsp3) is 0.550. The molecule has 1 atom stereocenters. The number of para-hydroxylation sites is 1. The topological polar surface area (TPSA) is 52.8 Å². The summed E-state index contributed by atoms with van der Waals surface area (Å²) in [6, 6.07) is 11.5. The molecule has 2 aromatic rings. The van der Waals surface area contributed by atoms with Crippen LogP contribution in [-0.2, 0) is 6.54 Å². The van der Waals surface area contributed by atoms with Crippen LogP contribution in [0.1, 0.15) is 37.9 Å². The standard InChI is InChI=1S/C20H28N4O.HI/c1-21-20(22-13-18-12-15-6-2-5-9-19(15)25-18)23-16-10-11-24(14-16)17-7-3-4-8-17;/h2,5-6,9,12,16-17H,3-4,7-8,10-11,13-14H2,1H3,(H2,21,22,23);1H. The van der Waals surface area contributed by atoms with Crippen LogP contribution in [0.15, 0.2) is 39.7 Å². The molecule has 2 heterocycles. The van der Waals surface area contributed by atoms with E-state index in [1.54, 1.807) is 0 Å². The van der Waals surface area contributed by atoms with E-state index in [1.807, 2.05) is 25.2 Å². The predicted molar refractivity (Wildman–Crippen MR) is 117 cm³/mol. The first kappa shape index (κ1) is 19.5. The van der Waals surface area contributed by atoms with Gasteiger partial charge in [0.1, 0.15) is 11.3 Å². The Morgan fingerprint density at radius 2 is 2.04 bits per heavy atom. The second-order valence-electron chi connectivity index (χ2n) is 7.24. The molecule has 26 heavy (non-hydrogen) atoms. The Hall–Kier alpha value is -1.28. The van der Waals surface area contributed by atoms with Gasteiger partial charge in [-0.15, -0.1) is 24.0 Å². The number of likely N-dealkylation sites (tertiary alicyclic amines) is 1. The van der Waals surface area contributed by atoms with E-state index in [-0.39, 0.29) is 24.0 Å². The van der Waals surface area contributed by atoms with Crippen molar-refractivity contribution < 1.29 is 4.42 Å². The Balaban J connectivity index is 0.00000196. The molecule has 0 spiro atoms. The van der Waals surface area contributed by atoms with Gasteiger partial charge in [-0.25, -0.2) is 0 Å². The van der Waals surface area contributed by atoms with Crippen molar-refractivity contribution in [2.75, 3.05) is 20.1 Å². The lowest BCUT2D eigenvalue weighted by Gasteiger charge is -2.24. The highest BCUT2D eigenvalue weighted by atomic mass is 127. The van der Waals surface area contributed by atoms with Gasteiger partial charge in [0, 0.05) is 37.6 Å². The molecule has 1 aromatic heterocycles. The molecule has 2 aliphatic rings. The number of benzene rings is 1. The molecule has 0 bridgehead atoms. The van der Waals surface area contributed by atoms with Gasteiger partial charge in [-0.1, -0.05) is 31.0 Å². The number of nitrogens with one attached hydrogen (secondary N) is 2. The van der Waals surface area contributed by atoms with Crippen LogP contribution in [0.5, 0.6) is 0 Å². The van der Waals surface area contributed by atoms with Gasteiger partial charge in [0.2, 0.25) is 0 Å². The van der Waals surface area contributed by atoms with Crippen LogP contribution >= 0.6 is 24.0 Å². The maximum atomic E-state index is 5.86. The lowest BCUT2D eigenvalue weighted by Crippen LogP contribution is -2.45.